The Morgan fingerprint density at radius 1 is 1.36 bits per heavy atom. The molecule has 1 aliphatic rings. The average Bonchev–Trinajstić information content (AvgIpc) is 2.98. The first-order valence-electron chi connectivity index (χ1n) is 8.83. The van der Waals surface area contributed by atoms with Gasteiger partial charge in [-0.15, -0.1) is 0 Å². The van der Waals surface area contributed by atoms with Gasteiger partial charge in [-0.1, -0.05) is 31.0 Å². The fourth-order valence-electron chi connectivity index (χ4n) is 3.01. The van der Waals surface area contributed by atoms with Crippen LogP contribution in [0.3, 0.4) is 0 Å². The average molecular weight is 342 g/mol. The highest BCUT2D eigenvalue weighted by Gasteiger charge is 2.26. The van der Waals surface area contributed by atoms with Gasteiger partial charge in [-0.3, -0.25) is 4.79 Å². The highest BCUT2D eigenvalue weighted by atomic mass is 16.5. The molecule has 0 radical (unpaired) electrons. The van der Waals surface area contributed by atoms with Gasteiger partial charge in [0.15, 0.2) is 0 Å². The summed E-state index contributed by atoms with van der Waals surface area (Å²) in [4.78, 5) is 14.7. The quantitative estimate of drug-likeness (QED) is 0.906. The molecule has 0 spiro atoms. The van der Waals surface area contributed by atoms with Gasteiger partial charge in [0.05, 0.1) is 29.9 Å². The predicted octanol–water partition coefficient (Wildman–Crippen LogP) is 2.40. The fraction of sp³-hybridized carbons (Fsp3) is 0.474. The maximum Gasteiger partial charge on any atom is 0.254 e. The molecule has 1 fully saturated rings. The molecular formula is C19H26N4O2. The molecule has 2 heterocycles. The predicted molar refractivity (Wildman–Crippen MR) is 98.2 cm³/mol. The lowest BCUT2D eigenvalue weighted by Gasteiger charge is -2.29. The monoisotopic (exact) mass is 342 g/mol. The molecule has 25 heavy (non-hydrogen) atoms. The van der Waals surface area contributed by atoms with Crippen molar-refractivity contribution < 1.29 is 9.53 Å². The van der Waals surface area contributed by atoms with Gasteiger partial charge < -0.3 is 15.0 Å². The first kappa shape index (κ1) is 17.6. The van der Waals surface area contributed by atoms with Crippen LogP contribution in [-0.4, -0.2) is 53.4 Å². The topological polar surface area (TPSA) is 59.4 Å². The van der Waals surface area contributed by atoms with Crippen LogP contribution in [-0.2, 0) is 16.0 Å². The molecule has 6 nitrogen and oxygen atoms in total. The molecule has 1 aromatic carbocycles. The zero-order valence-corrected chi connectivity index (χ0v) is 15.2. The Morgan fingerprint density at radius 2 is 2.12 bits per heavy atom. The van der Waals surface area contributed by atoms with Crippen LogP contribution < -0.4 is 5.32 Å². The van der Waals surface area contributed by atoms with Crippen LogP contribution in [0, 0.1) is 6.92 Å². The molecule has 1 aromatic heterocycles. The van der Waals surface area contributed by atoms with Crippen LogP contribution in [0.1, 0.15) is 24.6 Å². The lowest BCUT2D eigenvalue weighted by atomic mass is 10.2. The molecule has 3 rings (SSSR count). The van der Waals surface area contributed by atoms with E-state index in [1.165, 1.54) is 5.56 Å². The number of nitrogens with one attached hydrogen (secondary N) is 1. The minimum absolute atomic E-state index is 0.104. The Bertz CT molecular complexity index is 724. The number of likely N-dealkylation sites (N-methyl/N-ethyl adjacent to an activating group) is 1. The van der Waals surface area contributed by atoms with E-state index >= 15 is 0 Å². The lowest BCUT2D eigenvalue weighted by Crippen LogP contribution is -2.46. The number of hydrogen-bond donors (Lipinski definition) is 1. The molecule has 1 aliphatic heterocycles. The first-order chi connectivity index (χ1) is 12.1. The van der Waals surface area contributed by atoms with E-state index in [0.29, 0.717) is 13.2 Å². The van der Waals surface area contributed by atoms with Crippen molar-refractivity contribution in [3.05, 3.63) is 41.7 Å². The van der Waals surface area contributed by atoms with Crippen molar-refractivity contribution in [2.75, 3.05) is 32.1 Å². The number of rotatable bonds is 5. The van der Waals surface area contributed by atoms with Crippen LogP contribution in [0.2, 0.25) is 0 Å². The maximum atomic E-state index is 12.6. The summed E-state index contributed by atoms with van der Waals surface area (Å²) in [7, 11) is 2.00. The Hall–Kier alpha value is -2.18. The number of hydrogen-bond acceptors (Lipinski definition) is 4. The van der Waals surface area contributed by atoms with Gasteiger partial charge in [-0.2, -0.15) is 5.10 Å². The Balaban J connectivity index is 1.81. The molecular weight excluding hydrogens is 316 g/mol. The number of benzene rings is 1. The number of aromatic nitrogens is 2. The van der Waals surface area contributed by atoms with Crippen LogP contribution in [0.5, 0.6) is 0 Å². The molecule has 1 atom stereocenters. The van der Waals surface area contributed by atoms with E-state index < -0.39 is 6.10 Å². The Kier molecular flexibility index (Phi) is 5.50. The van der Waals surface area contributed by atoms with Gasteiger partial charge in [0.1, 0.15) is 6.10 Å². The third-order valence-electron chi connectivity index (χ3n) is 4.45. The summed E-state index contributed by atoms with van der Waals surface area (Å²) in [5.74, 6) is -0.104. The van der Waals surface area contributed by atoms with Crippen molar-refractivity contribution in [2.24, 2.45) is 0 Å². The summed E-state index contributed by atoms with van der Waals surface area (Å²) in [5, 5.41) is 7.51. The number of carbonyl (C=O) groups excluding carboxylic acids is 1. The summed E-state index contributed by atoms with van der Waals surface area (Å²) in [5.41, 5.74) is 4.00. The summed E-state index contributed by atoms with van der Waals surface area (Å²) in [6.45, 7) is 6.24. The van der Waals surface area contributed by atoms with E-state index in [4.69, 9.17) is 4.74 Å². The Morgan fingerprint density at radius 3 is 2.80 bits per heavy atom. The Labute approximate surface area is 148 Å². The van der Waals surface area contributed by atoms with Crippen molar-refractivity contribution in [1.82, 2.24) is 14.7 Å². The maximum absolute atomic E-state index is 12.6. The van der Waals surface area contributed by atoms with Gasteiger partial charge >= 0.3 is 0 Å². The van der Waals surface area contributed by atoms with Gasteiger partial charge in [0.2, 0.25) is 0 Å². The fourth-order valence-corrected chi connectivity index (χ4v) is 3.01. The van der Waals surface area contributed by atoms with Crippen LogP contribution in [0.15, 0.2) is 30.5 Å². The second-order valence-corrected chi connectivity index (χ2v) is 6.61. The molecule has 1 amide bonds. The lowest BCUT2D eigenvalue weighted by molar-refractivity contribution is -0.132. The van der Waals surface area contributed by atoms with E-state index in [1.807, 2.05) is 23.9 Å². The molecule has 134 valence electrons. The molecule has 0 saturated carbocycles. The normalized spacial score (nSPS) is 18.3. The zero-order chi connectivity index (χ0) is 17.8. The van der Waals surface area contributed by atoms with E-state index in [2.05, 4.69) is 41.3 Å². The van der Waals surface area contributed by atoms with Crippen molar-refractivity contribution in [3.8, 4) is 5.69 Å². The minimum atomic E-state index is -0.434. The number of carbonyl (C=O) groups is 1. The van der Waals surface area contributed by atoms with Crippen LogP contribution >= 0.6 is 0 Å². The summed E-state index contributed by atoms with van der Waals surface area (Å²) < 4.78 is 7.52. The molecule has 2 aromatic rings. The molecule has 1 N–H and O–H groups in total. The van der Waals surface area contributed by atoms with Gasteiger partial charge in [-0.05, 0) is 32.5 Å². The summed E-state index contributed by atoms with van der Waals surface area (Å²) in [6, 6.07) is 8.23. The standard InChI is InChI=1S/C19H26N4O2/c1-4-5-17-16(21-19(24)18-13-22(3)10-11-25-18)12-20-23(17)15-8-6-14(2)7-9-15/h6-9,12,18H,4-5,10-11,13H2,1-3H3,(H,21,24). The van der Waals surface area contributed by atoms with E-state index in [0.717, 1.165) is 36.5 Å². The summed E-state index contributed by atoms with van der Waals surface area (Å²) in [6.07, 6.45) is 3.11. The van der Waals surface area contributed by atoms with E-state index in [1.54, 1.807) is 6.20 Å². The molecule has 1 unspecified atom stereocenters. The van der Waals surface area contributed by atoms with Gasteiger partial charge in [0, 0.05) is 13.1 Å². The second-order valence-electron chi connectivity index (χ2n) is 6.61. The third kappa shape index (κ3) is 4.08. The highest BCUT2D eigenvalue weighted by Crippen LogP contribution is 2.22. The summed E-state index contributed by atoms with van der Waals surface area (Å²) >= 11 is 0. The molecule has 6 heteroatoms. The van der Waals surface area contributed by atoms with Crippen molar-refractivity contribution in [3.63, 3.8) is 0 Å². The first-order valence-corrected chi connectivity index (χ1v) is 8.83. The van der Waals surface area contributed by atoms with E-state index in [-0.39, 0.29) is 5.91 Å². The zero-order valence-electron chi connectivity index (χ0n) is 15.2. The minimum Gasteiger partial charge on any atom is -0.366 e. The number of anilines is 1. The molecule has 0 aliphatic carbocycles. The largest absolute Gasteiger partial charge is 0.366 e. The van der Waals surface area contributed by atoms with E-state index in [9.17, 15) is 4.79 Å². The number of amides is 1. The number of morpholine rings is 1. The third-order valence-corrected chi connectivity index (χ3v) is 4.45. The second kappa shape index (κ2) is 7.80. The van der Waals surface area contributed by atoms with Crippen molar-refractivity contribution in [1.29, 1.82) is 0 Å². The molecule has 1 saturated heterocycles. The molecule has 0 bridgehead atoms. The van der Waals surface area contributed by atoms with Crippen molar-refractivity contribution >= 4 is 11.6 Å². The van der Waals surface area contributed by atoms with Crippen LogP contribution in [0.25, 0.3) is 5.69 Å². The van der Waals surface area contributed by atoms with Gasteiger partial charge in [-0.25, -0.2) is 4.68 Å². The van der Waals surface area contributed by atoms with Crippen LogP contribution in [0.4, 0.5) is 5.69 Å². The number of aryl methyl sites for hydroxylation is 1. The number of ether oxygens (including phenoxy) is 1. The van der Waals surface area contributed by atoms with Crippen molar-refractivity contribution in [2.45, 2.75) is 32.8 Å². The highest BCUT2D eigenvalue weighted by molar-refractivity contribution is 5.94. The smallest absolute Gasteiger partial charge is 0.254 e. The number of nitrogens with zero attached hydrogens (tertiary/aromatic N) is 3. The van der Waals surface area contributed by atoms with Gasteiger partial charge in [0.25, 0.3) is 5.91 Å². The SMILES string of the molecule is CCCc1c(NC(=O)C2CN(C)CCO2)cnn1-c1ccc(C)cc1.